The van der Waals surface area contributed by atoms with Gasteiger partial charge in [0.05, 0.1) is 20.5 Å². The summed E-state index contributed by atoms with van der Waals surface area (Å²) in [5.74, 6) is 1.52. The van der Waals surface area contributed by atoms with Crippen molar-refractivity contribution in [2.75, 3.05) is 14.2 Å². The Labute approximate surface area is 113 Å². The summed E-state index contributed by atoms with van der Waals surface area (Å²) < 4.78 is 15.7. The van der Waals surface area contributed by atoms with Gasteiger partial charge in [0.1, 0.15) is 17.2 Å². The van der Waals surface area contributed by atoms with Gasteiger partial charge in [0.15, 0.2) is 5.02 Å². The van der Waals surface area contributed by atoms with Gasteiger partial charge in [0.2, 0.25) is 5.88 Å². The summed E-state index contributed by atoms with van der Waals surface area (Å²) in [4.78, 5) is 17.5. The van der Waals surface area contributed by atoms with Crippen molar-refractivity contribution in [2.24, 2.45) is 0 Å². The van der Waals surface area contributed by atoms with E-state index >= 15 is 0 Å². The van der Waals surface area contributed by atoms with E-state index < -0.39 is 5.56 Å². The Balaban J connectivity index is 2.37. The smallest absolute Gasteiger partial charge is 0.273 e. The predicted molar refractivity (Wildman–Crippen MR) is 69.5 cm³/mol. The van der Waals surface area contributed by atoms with Crippen molar-refractivity contribution in [3.8, 4) is 23.1 Å². The molecule has 1 aromatic heterocycles. The average Bonchev–Trinajstić information content (AvgIpc) is 2.43. The molecule has 100 valence electrons. The summed E-state index contributed by atoms with van der Waals surface area (Å²) in [6.07, 6.45) is 1.21. The Bertz CT molecular complexity index is 620. The Morgan fingerprint density at radius 3 is 2.26 bits per heavy atom. The molecule has 0 atom stereocenters. The second kappa shape index (κ2) is 5.62. The van der Waals surface area contributed by atoms with Gasteiger partial charge in [0, 0.05) is 18.2 Å². The van der Waals surface area contributed by atoms with Gasteiger partial charge in [-0.05, 0) is 0 Å². The van der Waals surface area contributed by atoms with E-state index in [0.717, 1.165) is 0 Å². The molecule has 0 saturated carbocycles. The van der Waals surface area contributed by atoms with Crippen molar-refractivity contribution < 1.29 is 14.2 Å². The number of methoxy groups -OCH3 is 2. The highest BCUT2D eigenvalue weighted by Crippen LogP contribution is 2.31. The number of aromatic amines is 1. The highest BCUT2D eigenvalue weighted by atomic mass is 35.5. The van der Waals surface area contributed by atoms with E-state index in [4.69, 9.17) is 25.8 Å². The van der Waals surface area contributed by atoms with E-state index in [0.29, 0.717) is 17.2 Å². The van der Waals surface area contributed by atoms with Crippen LogP contribution in [0.1, 0.15) is 0 Å². The van der Waals surface area contributed by atoms with Gasteiger partial charge in [-0.25, -0.2) is 4.98 Å². The molecule has 2 rings (SSSR count). The van der Waals surface area contributed by atoms with Crippen LogP contribution >= 0.6 is 11.6 Å². The molecule has 2 aromatic rings. The lowest BCUT2D eigenvalue weighted by Crippen LogP contribution is -2.07. The molecule has 0 saturated heterocycles. The highest BCUT2D eigenvalue weighted by Gasteiger charge is 2.10. The van der Waals surface area contributed by atoms with Crippen LogP contribution in [0.15, 0.2) is 29.3 Å². The van der Waals surface area contributed by atoms with Crippen LogP contribution in [0.4, 0.5) is 0 Å². The average molecular weight is 283 g/mol. The number of hydrogen-bond donors (Lipinski definition) is 1. The molecule has 1 aromatic carbocycles. The minimum Gasteiger partial charge on any atom is -0.496 e. The van der Waals surface area contributed by atoms with Crippen LogP contribution in [0.3, 0.4) is 0 Å². The van der Waals surface area contributed by atoms with Crippen LogP contribution in [-0.4, -0.2) is 24.2 Å². The first-order chi connectivity index (χ1) is 9.13. The van der Waals surface area contributed by atoms with Crippen molar-refractivity contribution in [3.63, 3.8) is 0 Å². The maximum atomic E-state index is 11.3. The Morgan fingerprint density at radius 2 is 1.68 bits per heavy atom. The van der Waals surface area contributed by atoms with Gasteiger partial charge in [-0.1, -0.05) is 11.6 Å². The number of aromatic nitrogens is 2. The number of benzene rings is 1. The van der Waals surface area contributed by atoms with Gasteiger partial charge in [-0.3, -0.25) is 4.79 Å². The zero-order valence-corrected chi connectivity index (χ0v) is 11.0. The number of halogens is 1. The zero-order valence-electron chi connectivity index (χ0n) is 10.3. The molecule has 0 aliphatic carbocycles. The third-order valence-electron chi connectivity index (χ3n) is 2.30. The van der Waals surface area contributed by atoms with E-state index in [-0.39, 0.29) is 10.9 Å². The number of rotatable bonds is 4. The minimum atomic E-state index is -0.471. The van der Waals surface area contributed by atoms with E-state index in [1.165, 1.54) is 20.5 Å². The van der Waals surface area contributed by atoms with Crippen LogP contribution in [0.2, 0.25) is 5.02 Å². The predicted octanol–water partition coefficient (Wildman–Crippen LogP) is 2.23. The van der Waals surface area contributed by atoms with Gasteiger partial charge >= 0.3 is 0 Å². The molecule has 0 radical (unpaired) electrons. The molecule has 1 heterocycles. The number of ether oxygens (including phenoxy) is 3. The molecule has 7 heteroatoms. The molecule has 0 amide bonds. The monoisotopic (exact) mass is 282 g/mol. The van der Waals surface area contributed by atoms with E-state index in [9.17, 15) is 4.79 Å². The number of H-pyrrole nitrogens is 1. The van der Waals surface area contributed by atoms with Crippen molar-refractivity contribution in [3.05, 3.63) is 39.9 Å². The summed E-state index contributed by atoms with van der Waals surface area (Å²) in [5.41, 5.74) is -0.471. The lowest BCUT2D eigenvalue weighted by molar-refractivity contribution is 0.385. The number of nitrogens with zero attached hydrogens (tertiary/aromatic N) is 1. The first-order valence-electron chi connectivity index (χ1n) is 5.28. The van der Waals surface area contributed by atoms with Crippen LogP contribution < -0.4 is 19.8 Å². The molecule has 0 aliphatic rings. The molecule has 19 heavy (non-hydrogen) atoms. The van der Waals surface area contributed by atoms with E-state index in [1.54, 1.807) is 18.2 Å². The lowest BCUT2D eigenvalue weighted by atomic mass is 10.3. The summed E-state index contributed by atoms with van der Waals surface area (Å²) in [7, 11) is 3.05. The van der Waals surface area contributed by atoms with Crippen LogP contribution in [0.5, 0.6) is 23.1 Å². The summed E-state index contributed by atoms with van der Waals surface area (Å²) in [5, 5.41) is -0.121. The fourth-order valence-corrected chi connectivity index (χ4v) is 1.53. The first-order valence-corrected chi connectivity index (χ1v) is 5.66. The van der Waals surface area contributed by atoms with Gasteiger partial charge in [-0.2, -0.15) is 0 Å². The molecule has 0 aliphatic heterocycles. The fourth-order valence-electron chi connectivity index (χ4n) is 1.39. The maximum absolute atomic E-state index is 11.3. The second-order valence-electron chi connectivity index (χ2n) is 3.50. The molecular weight excluding hydrogens is 272 g/mol. The van der Waals surface area contributed by atoms with Crippen molar-refractivity contribution in [1.29, 1.82) is 0 Å². The van der Waals surface area contributed by atoms with Gasteiger partial charge in [-0.15, -0.1) is 0 Å². The molecule has 0 fully saturated rings. The Morgan fingerprint density at radius 1 is 1.11 bits per heavy atom. The number of nitrogens with one attached hydrogen (secondary N) is 1. The lowest BCUT2D eigenvalue weighted by Gasteiger charge is -2.09. The third-order valence-corrected chi connectivity index (χ3v) is 2.64. The topological polar surface area (TPSA) is 73.4 Å². The maximum Gasteiger partial charge on any atom is 0.273 e. The van der Waals surface area contributed by atoms with Crippen molar-refractivity contribution in [1.82, 2.24) is 9.97 Å². The summed E-state index contributed by atoms with van der Waals surface area (Å²) in [6.45, 7) is 0. The van der Waals surface area contributed by atoms with E-state index in [2.05, 4.69) is 9.97 Å². The standard InChI is InChI=1S/C12H11ClN2O4/c1-17-7-3-8(18-2)5-9(4-7)19-12-10(13)11(16)14-6-15-12/h3-6H,1-2H3,(H,14,15,16). The molecule has 0 spiro atoms. The molecule has 6 nitrogen and oxygen atoms in total. The zero-order chi connectivity index (χ0) is 13.8. The summed E-state index contributed by atoms with van der Waals surface area (Å²) >= 11 is 5.80. The third kappa shape index (κ3) is 2.97. The van der Waals surface area contributed by atoms with Crippen LogP contribution in [-0.2, 0) is 0 Å². The quantitative estimate of drug-likeness (QED) is 0.931. The fraction of sp³-hybridized carbons (Fsp3) is 0.167. The Hall–Kier alpha value is -2.21. The SMILES string of the molecule is COc1cc(OC)cc(Oc2nc[nH]c(=O)c2Cl)c1. The molecule has 0 unspecified atom stereocenters. The van der Waals surface area contributed by atoms with Crippen molar-refractivity contribution in [2.45, 2.75) is 0 Å². The first kappa shape index (κ1) is 13.2. The van der Waals surface area contributed by atoms with E-state index in [1.807, 2.05) is 0 Å². The van der Waals surface area contributed by atoms with Gasteiger partial charge < -0.3 is 19.2 Å². The van der Waals surface area contributed by atoms with Crippen molar-refractivity contribution >= 4 is 11.6 Å². The normalized spacial score (nSPS) is 10.1. The minimum absolute atomic E-state index is 0.0146. The molecular formula is C12H11ClN2O4. The largest absolute Gasteiger partial charge is 0.496 e. The van der Waals surface area contributed by atoms with Gasteiger partial charge in [0.25, 0.3) is 5.56 Å². The highest BCUT2D eigenvalue weighted by molar-refractivity contribution is 6.31. The number of hydrogen-bond acceptors (Lipinski definition) is 5. The molecule has 0 bridgehead atoms. The second-order valence-corrected chi connectivity index (χ2v) is 3.88. The summed E-state index contributed by atoms with van der Waals surface area (Å²) in [6, 6.07) is 4.95. The van der Waals surface area contributed by atoms with Crippen LogP contribution in [0, 0.1) is 0 Å². The molecule has 1 N–H and O–H groups in total. The van der Waals surface area contributed by atoms with Crippen LogP contribution in [0.25, 0.3) is 0 Å². The Kier molecular flexibility index (Phi) is 3.91.